The Bertz CT molecular complexity index is 117. The fourth-order valence-corrected chi connectivity index (χ4v) is 0. The van der Waals surface area contributed by atoms with Gasteiger partial charge in [-0.2, -0.15) is 0 Å². The van der Waals surface area contributed by atoms with E-state index in [1.807, 2.05) is 0 Å². The van der Waals surface area contributed by atoms with Crippen LogP contribution in [0.15, 0.2) is 0 Å². The van der Waals surface area contributed by atoms with Crippen molar-refractivity contribution in [3.8, 4) is 0 Å². The Morgan fingerprint density at radius 3 is 1.07 bits per heavy atom. The quantitative estimate of drug-likeness (QED) is 0.248. The Hall–Kier alpha value is 4.02. The van der Waals surface area contributed by atoms with Gasteiger partial charge in [-0.15, -0.1) is 9.05 Å². The Balaban J connectivity index is -0.0000000178. The molecule has 0 spiro atoms. The predicted octanol–water partition coefficient (Wildman–Crippen LogP) is -12.0. The van der Waals surface area contributed by atoms with Crippen LogP contribution in [0.25, 0.3) is 0 Å². The van der Waals surface area contributed by atoms with Crippen molar-refractivity contribution in [3.63, 3.8) is 0 Å². The molecule has 14 heavy (non-hydrogen) atoms. The van der Waals surface area contributed by atoms with Gasteiger partial charge < -0.3 is 39.3 Å². The minimum atomic E-state index is -5.36. The molecule has 0 bridgehead atoms. The van der Waals surface area contributed by atoms with Crippen molar-refractivity contribution in [1.29, 1.82) is 0 Å². The molecule has 14 heteroatoms. The van der Waals surface area contributed by atoms with Crippen LogP contribution in [0.3, 0.4) is 0 Å². The van der Waals surface area contributed by atoms with Crippen LogP contribution in [0.4, 0.5) is 0 Å². The summed E-state index contributed by atoms with van der Waals surface area (Å²) in [6.45, 7) is 0. The zero-order valence-electron chi connectivity index (χ0n) is 7.52. The molecule has 9 nitrogen and oxygen atoms in total. The van der Waals surface area contributed by atoms with Crippen molar-refractivity contribution in [2.75, 3.05) is 0 Å². The van der Waals surface area contributed by atoms with E-state index in [1.165, 1.54) is 0 Å². The minimum absolute atomic E-state index is 0. The van der Waals surface area contributed by atoms with E-state index < -0.39 is 16.9 Å². The zero-order chi connectivity index (χ0) is 9.00. The molecule has 5 N–H and O–H groups in total. The molecule has 72 valence electrons. The van der Waals surface area contributed by atoms with Crippen molar-refractivity contribution in [2.24, 2.45) is 0 Å². The van der Waals surface area contributed by atoms with Crippen molar-refractivity contribution in [1.82, 2.24) is 0 Å². The second-order valence-corrected chi connectivity index (χ2v) is 3.11. The molecule has 0 atom stereocenters. The molecule has 0 aromatic heterocycles. The number of rotatable bonds is 0. The molecule has 0 rings (SSSR count). The Kier molecular flexibility index (Phi) is 43.9. The minimum Gasteiger partial charge on any atom is -0.870 e. The van der Waals surface area contributed by atoms with Crippen LogP contribution in [-0.4, -0.2) is 71.7 Å². The fraction of sp³-hybridized carbons (Fsp3) is 0. The van der Waals surface area contributed by atoms with E-state index in [9.17, 15) is 0 Å². The number of phosphoric acid groups is 1. The van der Waals surface area contributed by atoms with Crippen molar-refractivity contribution < 1.29 is 125 Å². The van der Waals surface area contributed by atoms with Crippen LogP contribution in [0, 0.1) is 0 Å². The van der Waals surface area contributed by atoms with Crippen LogP contribution < -0.4 is 95.3 Å². The fourth-order valence-electron chi connectivity index (χ4n) is 0. The standard InChI is InChI=1S/Ca.K.Na.H3O4P.HO4Si.H2O/c;;;2*1-5(2,3)4;/h;;;(H3,1,2,3,4);1H;1H2/q+2;2*+1;;-3;/p-1. The van der Waals surface area contributed by atoms with Crippen molar-refractivity contribution >= 4 is 54.6 Å². The maximum atomic E-state index is 8.88. The first-order chi connectivity index (χ1) is 4.00. The maximum Gasteiger partial charge on any atom is 2.00 e. The first kappa shape index (κ1) is 36.1. The molecule has 0 unspecified atom stereocenters. The van der Waals surface area contributed by atoms with E-state index in [2.05, 4.69) is 0 Å². The smallest absolute Gasteiger partial charge is 0.870 e. The Morgan fingerprint density at radius 1 is 1.07 bits per heavy atom. The molecule has 0 aliphatic heterocycles. The molecule has 0 saturated heterocycles. The number of hydrogen-bond donors (Lipinski definition) is 4. The van der Waals surface area contributed by atoms with Gasteiger partial charge in [0, 0.05) is 0 Å². The molecule has 0 fully saturated rings. The summed E-state index contributed by atoms with van der Waals surface area (Å²) in [6, 6.07) is 0. The third-order valence-corrected chi connectivity index (χ3v) is 0. The van der Waals surface area contributed by atoms with Gasteiger partial charge in [0.1, 0.15) is 0 Å². The molecule has 0 saturated carbocycles. The van der Waals surface area contributed by atoms with Crippen LogP contribution in [0.1, 0.15) is 0 Å². The second kappa shape index (κ2) is 17.0. The maximum absolute atomic E-state index is 8.88. The molecule has 0 heterocycles. The first-order valence-electron chi connectivity index (χ1n) is 1.62. The van der Waals surface area contributed by atoms with E-state index in [1.54, 1.807) is 0 Å². The Morgan fingerprint density at radius 2 is 1.07 bits per heavy atom. The van der Waals surface area contributed by atoms with Crippen LogP contribution >= 0.6 is 7.82 Å². The van der Waals surface area contributed by atoms with Gasteiger partial charge in [0.15, 0.2) is 0 Å². The summed E-state index contributed by atoms with van der Waals surface area (Å²) >= 11 is 0. The summed E-state index contributed by atoms with van der Waals surface area (Å²) in [5, 5.41) is 0. The summed E-state index contributed by atoms with van der Waals surface area (Å²) in [6.07, 6.45) is 0. The van der Waals surface area contributed by atoms with E-state index in [4.69, 9.17) is 38.4 Å². The van der Waals surface area contributed by atoms with Gasteiger partial charge in [-0.05, 0) is 0 Å². The van der Waals surface area contributed by atoms with E-state index in [0.29, 0.717) is 0 Å². The molecule has 0 aliphatic rings. The SMILES string of the molecule is O=P(O)(O)O.[Ca+2].[K+].[Na+].[O-][Si]([O-])([O-])O.[OH-]. The normalized spacial score (nSPS) is 8.50. The van der Waals surface area contributed by atoms with Crippen LogP contribution in [-0.2, 0) is 4.57 Å². The summed E-state index contributed by atoms with van der Waals surface area (Å²) in [5.74, 6) is 0. The second-order valence-electron chi connectivity index (χ2n) is 1.04. The Labute approximate surface area is 175 Å². The van der Waals surface area contributed by atoms with Crippen molar-refractivity contribution in [2.45, 2.75) is 0 Å². The monoisotopic (exact) mass is 310 g/mol. The van der Waals surface area contributed by atoms with Crippen molar-refractivity contribution in [3.05, 3.63) is 0 Å². The zero-order valence-corrected chi connectivity index (χ0v) is 16.7. The van der Waals surface area contributed by atoms with E-state index >= 15 is 0 Å². The topological polar surface area (TPSA) is 197 Å². The van der Waals surface area contributed by atoms with Gasteiger partial charge >= 0.3 is 127 Å². The van der Waals surface area contributed by atoms with Gasteiger partial charge in [0.2, 0.25) is 0 Å². The predicted molar refractivity (Wildman–Crippen MR) is 29.9 cm³/mol. The summed E-state index contributed by atoms with van der Waals surface area (Å²) < 4.78 is 8.88. The van der Waals surface area contributed by atoms with E-state index in [0.717, 1.165) is 0 Å². The number of hydrogen-bond acceptors (Lipinski definition) is 6. The van der Waals surface area contributed by atoms with Crippen LogP contribution in [0.5, 0.6) is 0 Å². The third kappa shape index (κ3) is 223. The molecule has 0 radical (unpaired) electrons. The summed E-state index contributed by atoms with van der Waals surface area (Å²) in [5.41, 5.74) is 0. The van der Waals surface area contributed by atoms with Gasteiger partial charge in [-0.3, -0.25) is 0 Å². The van der Waals surface area contributed by atoms with Gasteiger partial charge in [-0.25, -0.2) is 4.57 Å². The summed E-state index contributed by atoms with van der Waals surface area (Å²) in [7, 11) is -10.0. The molecule has 0 amide bonds. The third-order valence-electron chi connectivity index (χ3n) is 0. The van der Waals surface area contributed by atoms with Crippen LogP contribution in [0.2, 0.25) is 0 Å². The molecule has 0 aliphatic carbocycles. The molecular weight excluding hydrogens is 305 g/mol. The van der Waals surface area contributed by atoms with Gasteiger partial charge in [0.05, 0.1) is 0 Å². The van der Waals surface area contributed by atoms with Gasteiger partial charge in [0.25, 0.3) is 0 Å². The molecular formula is H5CaKNaO9PSi. The summed E-state index contributed by atoms with van der Waals surface area (Å²) in [4.78, 5) is 54.6. The average Bonchev–Trinajstić information content (AvgIpc) is 1.12. The molecule has 0 aromatic rings. The first-order valence-corrected chi connectivity index (χ1v) is 4.86. The molecule has 0 aromatic carbocycles. The largest absolute Gasteiger partial charge is 2.00 e. The average molecular weight is 310 g/mol. The van der Waals surface area contributed by atoms with E-state index in [-0.39, 0.29) is 124 Å². The van der Waals surface area contributed by atoms with Gasteiger partial charge in [-0.1, -0.05) is 0 Å².